The van der Waals surface area contributed by atoms with Crippen LogP contribution in [0.1, 0.15) is 42.6 Å². The van der Waals surface area contributed by atoms with Crippen LogP contribution in [0.3, 0.4) is 0 Å². The Morgan fingerprint density at radius 1 is 1.44 bits per heavy atom. The smallest absolute Gasteiger partial charge is 0.259 e. The van der Waals surface area contributed by atoms with Gasteiger partial charge >= 0.3 is 0 Å². The van der Waals surface area contributed by atoms with E-state index in [1.54, 1.807) is 6.07 Å². The molecule has 1 amide bonds. The first-order valence-electron chi connectivity index (χ1n) is 5.07. The Balaban J connectivity index is 2.99. The third kappa shape index (κ3) is 2.89. The number of halogens is 1. The van der Waals surface area contributed by atoms with Crippen molar-refractivity contribution in [3.63, 3.8) is 0 Å². The number of benzene rings is 1. The zero-order chi connectivity index (χ0) is 12.3. The fourth-order valence-electron chi connectivity index (χ4n) is 1.31. The number of hydrogen-bond acceptors (Lipinski definition) is 2. The van der Waals surface area contributed by atoms with E-state index in [2.05, 4.69) is 5.32 Å². The summed E-state index contributed by atoms with van der Waals surface area (Å²) in [6, 6.07) is 4.53. The summed E-state index contributed by atoms with van der Waals surface area (Å²) in [5, 5.41) is 9.35. The number of nitrogens with one attached hydrogen (secondary N) is 2. The summed E-state index contributed by atoms with van der Waals surface area (Å²) < 4.78 is 13.6. The monoisotopic (exact) mass is 222 g/mol. The van der Waals surface area contributed by atoms with Crippen molar-refractivity contribution < 1.29 is 9.18 Å². The van der Waals surface area contributed by atoms with Gasteiger partial charge in [0.15, 0.2) is 0 Å². The molecule has 0 spiro atoms. The molecule has 3 nitrogen and oxygen atoms in total. The maximum atomic E-state index is 13.6. The largest absolute Gasteiger partial charge is 0.311 e. The molecule has 1 aromatic carbocycles. The highest BCUT2D eigenvalue weighted by Crippen LogP contribution is 2.17. The van der Waals surface area contributed by atoms with Crippen molar-refractivity contribution in [1.82, 2.24) is 5.32 Å². The van der Waals surface area contributed by atoms with Crippen LogP contribution >= 0.6 is 0 Å². The Bertz CT molecular complexity index is 427. The van der Waals surface area contributed by atoms with E-state index in [-0.39, 0.29) is 17.3 Å². The van der Waals surface area contributed by atoms with E-state index in [1.807, 2.05) is 13.8 Å². The summed E-state index contributed by atoms with van der Waals surface area (Å²) in [5.41, 5.74) is 0.816. The van der Waals surface area contributed by atoms with Crippen LogP contribution in [0.25, 0.3) is 0 Å². The van der Waals surface area contributed by atoms with Gasteiger partial charge in [-0.2, -0.15) is 0 Å². The van der Waals surface area contributed by atoms with E-state index in [1.165, 1.54) is 19.1 Å². The first-order chi connectivity index (χ1) is 7.41. The summed E-state index contributed by atoms with van der Waals surface area (Å²) in [5.74, 6) is -0.918. The molecule has 0 bridgehead atoms. The number of amidine groups is 1. The topological polar surface area (TPSA) is 53.0 Å². The molecule has 0 fully saturated rings. The number of carbonyl (C=O) groups excluding carboxylic acids is 1. The second kappa shape index (κ2) is 4.88. The van der Waals surface area contributed by atoms with Crippen LogP contribution in [0.2, 0.25) is 0 Å². The fourth-order valence-corrected chi connectivity index (χ4v) is 1.31. The standard InChI is InChI=1S/C12H15FN2O/c1-7(2)9-4-5-10(11(13)6-9)12(16)15-8(3)14/h4-7H,1-3H3,(H2,14,15,16). The molecule has 0 aliphatic carbocycles. The number of hydrogen-bond donors (Lipinski definition) is 2. The van der Waals surface area contributed by atoms with Crippen LogP contribution in [-0.4, -0.2) is 11.7 Å². The molecule has 0 heterocycles. The van der Waals surface area contributed by atoms with Crippen LogP contribution in [0, 0.1) is 11.2 Å². The van der Waals surface area contributed by atoms with Crippen molar-refractivity contribution >= 4 is 11.7 Å². The van der Waals surface area contributed by atoms with Gasteiger partial charge in [0.1, 0.15) is 5.82 Å². The van der Waals surface area contributed by atoms with Crippen molar-refractivity contribution in [3.8, 4) is 0 Å². The third-order valence-corrected chi connectivity index (χ3v) is 2.21. The van der Waals surface area contributed by atoms with Crippen molar-refractivity contribution in [1.29, 1.82) is 5.41 Å². The third-order valence-electron chi connectivity index (χ3n) is 2.21. The van der Waals surface area contributed by atoms with Crippen LogP contribution in [-0.2, 0) is 0 Å². The van der Waals surface area contributed by atoms with Gasteiger partial charge in [0.25, 0.3) is 5.91 Å². The van der Waals surface area contributed by atoms with Gasteiger partial charge < -0.3 is 5.32 Å². The van der Waals surface area contributed by atoms with Crippen molar-refractivity contribution in [3.05, 3.63) is 35.1 Å². The predicted molar refractivity (Wildman–Crippen MR) is 61.4 cm³/mol. The molecule has 0 aliphatic heterocycles. The molecule has 1 rings (SSSR count). The highest BCUT2D eigenvalue weighted by atomic mass is 19.1. The van der Waals surface area contributed by atoms with Crippen molar-refractivity contribution in [2.45, 2.75) is 26.7 Å². The van der Waals surface area contributed by atoms with Crippen molar-refractivity contribution in [2.24, 2.45) is 0 Å². The van der Waals surface area contributed by atoms with E-state index in [0.717, 1.165) is 5.56 Å². The van der Waals surface area contributed by atoms with Crippen molar-refractivity contribution in [2.75, 3.05) is 0 Å². The lowest BCUT2D eigenvalue weighted by Gasteiger charge is -2.08. The number of rotatable bonds is 2. The van der Waals surface area contributed by atoms with Gasteiger partial charge in [0.2, 0.25) is 0 Å². The quantitative estimate of drug-likeness (QED) is 0.586. The summed E-state index contributed by atoms with van der Waals surface area (Å²) in [6.45, 7) is 5.34. The Morgan fingerprint density at radius 2 is 2.06 bits per heavy atom. The van der Waals surface area contributed by atoms with Gasteiger partial charge in [-0.3, -0.25) is 10.2 Å². The Labute approximate surface area is 94.2 Å². The summed E-state index contributed by atoms with van der Waals surface area (Å²) in [6.07, 6.45) is 0. The minimum Gasteiger partial charge on any atom is -0.311 e. The highest BCUT2D eigenvalue weighted by molar-refractivity contribution is 6.04. The SMILES string of the molecule is CC(=N)NC(=O)c1ccc(C(C)C)cc1F. The fraction of sp³-hybridized carbons (Fsp3) is 0.333. The minimum atomic E-state index is -0.583. The lowest BCUT2D eigenvalue weighted by molar-refractivity contribution is 0.0972. The zero-order valence-corrected chi connectivity index (χ0v) is 9.60. The van der Waals surface area contributed by atoms with E-state index in [4.69, 9.17) is 5.41 Å². The average Bonchev–Trinajstić information content (AvgIpc) is 2.15. The molecule has 2 N–H and O–H groups in total. The van der Waals surface area contributed by atoms with E-state index in [0.29, 0.717) is 0 Å². The van der Waals surface area contributed by atoms with E-state index in [9.17, 15) is 9.18 Å². The molecule has 86 valence electrons. The van der Waals surface area contributed by atoms with Crippen LogP contribution in [0.15, 0.2) is 18.2 Å². The van der Waals surface area contributed by atoms with Gasteiger partial charge in [0, 0.05) is 0 Å². The number of amides is 1. The Kier molecular flexibility index (Phi) is 3.77. The first kappa shape index (κ1) is 12.4. The summed E-state index contributed by atoms with van der Waals surface area (Å²) >= 11 is 0. The second-order valence-corrected chi connectivity index (χ2v) is 3.97. The van der Waals surface area contributed by atoms with Crippen LogP contribution in [0.4, 0.5) is 4.39 Å². The maximum Gasteiger partial charge on any atom is 0.259 e. The van der Waals surface area contributed by atoms with Gasteiger partial charge in [-0.15, -0.1) is 0 Å². The molecule has 1 aromatic rings. The molecule has 0 saturated heterocycles. The normalized spacial score (nSPS) is 10.3. The molecule has 0 saturated carbocycles. The summed E-state index contributed by atoms with van der Waals surface area (Å²) in [7, 11) is 0. The lowest BCUT2D eigenvalue weighted by Crippen LogP contribution is -2.28. The molecular formula is C12H15FN2O. The Hall–Kier alpha value is -1.71. The zero-order valence-electron chi connectivity index (χ0n) is 9.60. The van der Waals surface area contributed by atoms with Gasteiger partial charge in [-0.25, -0.2) is 4.39 Å². The minimum absolute atomic E-state index is 0.00247. The van der Waals surface area contributed by atoms with Gasteiger partial charge in [0.05, 0.1) is 11.4 Å². The molecule has 4 heteroatoms. The van der Waals surface area contributed by atoms with Crippen LogP contribution < -0.4 is 5.32 Å². The first-order valence-corrected chi connectivity index (χ1v) is 5.07. The van der Waals surface area contributed by atoms with Gasteiger partial charge in [-0.05, 0) is 30.5 Å². The highest BCUT2D eigenvalue weighted by Gasteiger charge is 2.13. The molecule has 16 heavy (non-hydrogen) atoms. The van der Waals surface area contributed by atoms with Crippen LogP contribution in [0.5, 0.6) is 0 Å². The Morgan fingerprint density at radius 3 is 2.50 bits per heavy atom. The number of carbonyl (C=O) groups is 1. The summed E-state index contributed by atoms with van der Waals surface area (Å²) in [4.78, 5) is 11.5. The predicted octanol–water partition coefficient (Wildman–Crippen LogP) is 2.68. The molecular weight excluding hydrogens is 207 g/mol. The van der Waals surface area contributed by atoms with Gasteiger partial charge in [-0.1, -0.05) is 19.9 Å². The molecule has 0 atom stereocenters. The second-order valence-electron chi connectivity index (χ2n) is 3.97. The molecule has 0 aliphatic rings. The lowest BCUT2D eigenvalue weighted by atomic mass is 10.0. The molecule has 0 unspecified atom stereocenters. The maximum absolute atomic E-state index is 13.6. The van der Waals surface area contributed by atoms with E-state index >= 15 is 0 Å². The molecule has 0 radical (unpaired) electrons. The molecule has 0 aromatic heterocycles. The van der Waals surface area contributed by atoms with E-state index < -0.39 is 11.7 Å². The average molecular weight is 222 g/mol.